The van der Waals surface area contributed by atoms with Gasteiger partial charge in [-0.3, -0.25) is 4.79 Å². The van der Waals surface area contributed by atoms with Crippen LogP contribution >= 0.6 is 11.6 Å². The second-order valence-electron chi connectivity index (χ2n) is 5.79. The lowest BCUT2D eigenvalue weighted by molar-refractivity contribution is -0.116. The monoisotopic (exact) mass is 357 g/mol. The largest absolute Gasteiger partial charge is 0.486 e. The molecule has 0 aliphatic carbocycles. The lowest BCUT2D eigenvalue weighted by Crippen LogP contribution is -2.19. The van der Waals surface area contributed by atoms with Crippen LogP contribution in [0.3, 0.4) is 0 Å². The van der Waals surface area contributed by atoms with Crippen LogP contribution in [-0.2, 0) is 11.3 Å². The lowest BCUT2D eigenvalue weighted by atomic mass is 10.2. The summed E-state index contributed by atoms with van der Waals surface area (Å²) < 4.78 is 13.1. The van der Waals surface area contributed by atoms with Crippen molar-refractivity contribution in [3.05, 3.63) is 47.2 Å². The molecule has 0 radical (unpaired) electrons. The maximum atomic E-state index is 12.4. The van der Waals surface area contributed by atoms with E-state index in [2.05, 4.69) is 10.3 Å². The first-order chi connectivity index (χ1) is 12.1. The van der Waals surface area contributed by atoms with Gasteiger partial charge in [-0.1, -0.05) is 17.7 Å². The van der Waals surface area contributed by atoms with E-state index in [0.29, 0.717) is 35.4 Å². The van der Waals surface area contributed by atoms with Crippen molar-refractivity contribution < 1.29 is 14.3 Å². The normalized spacial score (nSPS) is 13.0. The topological polar surface area (TPSA) is 65.4 Å². The minimum Gasteiger partial charge on any atom is -0.486 e. The molecule has 7 heteroatoms. The second kappa shape index (κ2) is 6.29. The summed E-state index contributed by atoms with van der Waals surface area (Å²) in [6.07, 6.45) is 0. The number of carbonyl (C=O) groups is 1. The molecule has 1 aliphatic rings. The smallest absolute Gasteiger partial charge is 0.244 e. The van der Waals surface area contributed by atoms with Gasteiger partial charge in [0.1, 0.15) is 25.6 Å². The van der Waals surface area contributed by atoms with Crippen molar-refractivity contribution >= 4 is 34.2 Å². The van der Waals surface area contributed by atoms with E-state index >= 15 is 0 Å². The van der Waals surface area contributed by atoms with Gasteiger partial charge in [-0.15, -0.1) is 0 Å². The van der Waals surface area contributed by atoms with Crippen LogP contribution in [0.2, 0.25) is 5.02 Å². The Morgan fingerprint density at radius 1 is 1.24 bits per heavy atom. The predicted octanol–water partition coefficient (Wildman–Crippen LogP) is 3.41. The fourth-order valence-electron chi connectivity index (χ4n) is 2.89. The molecule has 4 rings (SSSR count). The average molecular weight is 358 g/mol. The number of hydrogen-bond donors (Lipinski definition) is 1. The number of rotatable bonds is 3. The molecule has 3 aromatic rings. The van der Waals surface area contributed by atoms with Crippen LogP contribution in [-0.4, -0.2) is 28.7 Å². The molecular weight excluding hydrogens is 342 g/mol. The molecule has 2 aromatic carbocycles. The number of carbonyl (C=O) groups excluding carboxylic acids is 1. The van der Waals surface area contributed by atoms with Crippen molar-refractivity contribution in [3.8, 4) is 11.5 Å². The van der Waals surface area contributed by atoms with Gasteiger partial charge in [0.25, 0.3) is 0 Å². The molecule has 0 bridgehead atoms. The third-order valence-electron chi connectivity index (χ3n) is 4.01. The quantitative estimate of drug-likeness (QED) is 0.780. The zero-order chi connectivity index (χ0) is 17.4. The van der Waals surface area contributed by atoms with E-state index in [0.717, 1.165) is 16.9 Å². The summed E-state index contributed by atoms with van der Waals surface area (Å²) >= 11 is 5.95. The average Bonchev–Trinajstić information content (AvgIpc) is 2.87. The van der Waals surface area contributed by atoms with Gasteiger partial charge in [-0.05, 0) is 25.1 Å². The summed E-state index contributed by atoms with van der Waals surface area (Å²) in [7, 11) is 0. The second-order valence-corrected chi connectivity index (χ2v) is 6.22. The summed E-state index contributed by atoms with van der Waals surface area (Å²) in [5, 5.41) is 3.42. The number of anilines is 1. The summed E-state index contributed by atoms with van der Waals surface area (Å²) in [5.41, 5.74) is 2.27. The number of imidazole rings is 1. The van der Waals surface area contributed by atoms with Gasteiger partial charge in [0, 0.05) is 22.8 Å². The molecule has 128 valence electrons. The molecule has 2 heterocycles. The van der Waals surface area contributed by atoms with Crippen molar-refractivity contribution in [2.75, 3.05) is 18.5 Å². The highest BCUT2D eigenvalue weighted by molar-refractivity contribution is 6.30. The zero-order valence-electron chi connectivity index (χ0n) is 13.6. The number of fused-ring (bicyclic) bond motifs is 2. The standard InChI is InChI=1S/C18H16ClN3O3/c1-11-20-14-8-16-17(25-6-5-24-16)9-15(14)22(11)10-18(23)21-13-4-2-3-12(19)7-13/h2-4,7-9H,5-6,10H2,1H3,(H,21,23). The summed E-state index contributed by atoms with van der Waals surface area (Å²) in [6, 6.07) is 10.8. The van der Waals surface area contributed by atoms with Crippen molar-refractivity contribution in [1.29, 1.82) is 0 Å². The van der Waals surface area contributed by atoms with Gasteiger partial charge in [0.05, 0.1) is 11.0 Å². The van der Waals surface area contributed by atoms with Gasteiger partial charge in [-0.2, -0.15) is 0 Å². The van der Waals surface area contributed by atoms with E-state index < -0.39 is 0 Å². The highest BCUT2D eigenvalue weighted by Gasteiger charge is 2.18. The van der Waals surface area contributed by atoms with Crippen LogP contribution in [0.1, 0.15) is 5.82 Å². The molecule has 25 heavy (non-hydrogen) atoms. The zero-order valence-corrected chi connectivity index (χ0v) is 14.3. The van der Waals surface area contributed by atoms with Crippen molar-refractivity contribution in [1.82, 2.24) is 9.55 Å². The first-order valence-electron chi connectivity index (χ1n) is 7.92. The van der Waals surface area contributed by atoms with Crippen LogP contribution in [0.4, 0.5) is 5.69 Å². The number of aryl methyl sites for hydroxylation is 1. The van der Waals surface area contributed by atoms with Crippen molar-refractivity contribution in [2.45, 2.75) is 13.5 Å². The molecule has 0 unspecified atom stereocenters. The Hall–Kier alpha value is -2.73. The first-order valence-corrected chi connectivity index (χ1v) is 8.30. The SMILES string of the molecule is Cc1nc2cc3c(cc2n1CC(=O)Nc1cccc(Cl)c1)OCCO3. The molecule has 0 saturated heterocycles. The molecule has 0 atom stereocenters. The number of ether oxygens (including phenoxy) is 2. The van der Waals surface area contributed by atoms with E-state index in [1.807, 2.05) is 23.6 Å². The van der Waals surface area contributed by atoms with E-state index in [1.165, 1.54) is 0 Å². The van der Waals surface area contributed by atoms with E-state index in [9.17, 15) is 4.79 Å². The third-order valence-corrected chi connectivity index (χ3v) is 4.25. The van der Waals surface area contributed by atoms with Gasteiger partial charge >= 0.3 is 0 Å². The van der Waals surface area contributed by atoms with E-state index in [1.54, 1.807) is 24.3 Å². The summed E-state index contributed by atoms with van der Waals surface area (Å²) in [4.78, 5) is 16.9. The van der Waals surface area contributed by atoms with Gasteiger partial charge in [0.2, 0.25) is 5.91 Å². The fourth-order valence-corrected chi connectivity index (χ4v) is 3.08. The number of nitrogens with one attached hydrogen (secondary N) is 1. The van der Waals surface area contributed by atoms with Crippen molar-refractivity contribution in [3.63, 3.8) is 0 Å². The number of aromatic nitrogens is 2. The van der Waals surface area contributed by atoms with Gasteiger partial charge in [-0.25, -0.2) is 4.98 Å². The minimum absolute atomic E-state index is 0.147. The highest BCUT2D eigenvalue weighted by Crippen LogP contribution is 2.34. The minimum atomic E-state index is -0.153. The number of halogens is 1. The Balaban J connectivity index is 1.62. The molecule has 1 aliphatic heterocycles. The Labute approximate surface area is 149 Å². The molecule has 1 N–H and O–H groups in total. The lowest BCUT2D eigenvalue weighted by Gasteiger charge is -2.18. The Kier molecular flexibility index (Phi) is 3.97. The fraction of sp³-hybridized carbons (Fsp3) is 0.222. The van der Waals surface area contributed by atoms with Gasteiger partial charge < -0.3 is 19.4 Å². The Morgan fingerprint density at radius 2 is 2.00 bits per heavy atom. The summed E-state index contributed by atoms with van der Waals surface area (Å²) in [6.45, 7) is 3.06. The van der Waals surface area contributed by atoms with Crippen LogP contribution in [0.15, 0.2) is 36.4 Å². The van der Waals surface area contributed by atoms with Crippen LogP contribution in [0.25, 0.3) is 11.0 Å². The molecule has 1 aromatic heterocycles. The van der Waals surface area contributed by atoms with Crippen LogP contribution in [0, 0.1) is 6.92 Å². The maximum absolute atomic E-state index is 12.4. The predicted molar refractivity (Wildman–Crippen MR) is 95.5 cm³/mol. The molecule has 6 nitrogen and oxygen atoms in total. The number of hydrogen-bond acceptors (Lipinski definition) is 4. The maximum Gasteiger partial charge on any atom is 0.244 e. The molecule has 0 fully saturated rings. The first kappa shape index (κ1) is 15.8. The van der Waals surface area contributed by atoms with Crippen LogP contribution < -0.4 is 14.8 Å². The van der Waals surface area contributed by atoms with Gasteiger partial charge in [0.15, 0.2) is 11.5 Å². The van der Waals surface area contributed by atoms with Crippen LogP contribution in [0.5, 0.6) is 11.5 Å². The highest BCUT2D eigenvalue weighted by atomic mass is 35.5. The number of nitrogens with zero attached hydrogens (tertiary/aromatic N) is 2. The number of benzene rings is 2. The van der Waals surface area contributed by atoms with E-state index in [-0.39, 0.29) is 12.5 Å². The van der Waals surface area contributed by atoms with E-state index in [4.69, 9.17) is 21.1 Å². The molecule has 1 amide bonds. The molecular formula is C18H16ClN3O3. The summed E-state index contributed by atoms with van der Waals surface area (Å²) in [5.74, 6) is 1.96. The number of amides is 1. The molecule has 0 spiro atoms. The Morgan fingerprint density at radius 3 is 2.76 bits per heavy atom. The molecule has 0 saturated carbocycles. The third kappa shape index (κ3) is 3.13. The Bertz CT molecular complexity index is 968. The van der Waals surface area contributed by atoms with Crippen molar-refractivity contribution in [2.24, 2.45) is 0 Å².